The minimum atomic E-state index is -0.469. The lowest BCUT2D eigenvalue weighted by atomic mass is 10.3. The molecule has 0 fully saturated rings. The molecule has 0 atom stereocenters. The maximum Gasteiger partial charge on any atom is 0.330 e. The summed E-state index contributed by atoms with van der Waals surface area (Å²) in [6.07, 6.45) is 5.83. The molecule has 23 heavy (non-hydrogen) atoms. The lowest BCUT2D eigenvalue weighted by Crippen LogP contribution is -2.23. The van der Waals surface area contributed by atoms with Crippen LogP contribution in [-0.4, -0.2) is 42.4 Å². The van der Waals surface area contributed by atoms with Crippen LogP contribution in [-0.2, 0) is 9.53 Å². The summed E-state index contributed by atoms with van der Waals surface area (Å²) in [6, 6.07) is 7.37. The molecular formula is C16H17N3O4. The summed E-state index contributed by atoms with van der Waals surface area (Å²) in [6.45, 7) is 0.216. The molecule has 0 aliphatic heterocycles. The summed E-state index contributed by atoms with van der Waals surface area (Å²) in [5, 5.41) is 6.82. The Hall–Kier alpha value is -3.09. The summed E-state index contributed by atoms with van der Waals surface area (Å²) < 4.78 is 11.3. The summed E-state index contributed by atoms with van der Waals surface area (Å²) in [4.78, 5) is 22.9. The largest absolute Gasteiger partial charge is 0.494 e. The Kier molecular flexibility index (Phi) is 5.51. The van der Waals surface area contributed by atoms with Gasteiger partial charge in [0.25, 0.3) is 5.91 Å². The van der Waals surface area contributed by atoms with E-state index in [1.807, 2.05) is 24.3 Å². The van der Waals surface area contributed by atoms with E-state index in [1.54, 1.807) is 18.0 Å². The molecule has 1 aromatic carbocycles. The molecule has 120 valence electrons. The lowest BCUT2D eigenvalue weighted by Gasteiger charge is -2.07. The molecule has 0 aliphatic carbocycles. The Morgan fingerprint density at radius 3 is 2.83 bits per heavy atom. The number of amides is 1. The van der Waals surface area contributed by atoms with Crippen LogP contribution in [0.25, 0.3) is 5.69 Å². The molecule has 1 heterocycles. The van der Waals surface area contributed by atoms with Crippen molar-refractivity contribution in [1.29, 1.82) is 0 Å². The standard InChI is InChI=1S/C16H17N3O4/c1-22-14-7-4-3-6-13(14)19-11-12(10-18-19)16(21)17-9-5-8-15(20)23-2/h3-8,10-11H,9H2,1-2H3,(H,17,21)/b8-5+. The molecule has 0 spiro atoms. The summed E-state index contributed by atoms with van der Waals surface area (Å²) in [5.74, 6) is -0.104. The highest BCUT2D eigenvalue weighted by atomic mass is 16.5. The van der Waals surface area contributed by atoms with E-state index >= 15 is 0 Å². The van der Waals surface area contributed by atoms with Crippen LogP contribution in [0, 0.1) is 0 Å². The van der Waals surface area contributed by atoms with Crippen molar-refractivity contribution in [1.82, 2.24) is 15.1 Å². The van der Waals surface area contributed by atoms with E-state index < -0.39 is 5.97 Å². The second-order valence-corrected chi connectivity index (χ2v) is 4.48. The van der Waals surface area contributed by atoms with Gasteiger partial charge in [-0.25, -0.2) is 9.48 Å². The third-order valence-electron chi connectivity index (χ3n) is 3.01. The average Bonchev–Trinajstić information content (AvgIpc) is 3.08. The van der Waals surface area contributed by atoms with Gasteiger partial charge in [-0.05, 0) is 12.1 Å². The van der Waals surface area contributed by atoms with Crippen LogP contribution in [0.5, 0.6) is 5.75 Å². The van der Waals surface area contributed by atoms with Crippen LogP contribution in [0.4, 0.5) is 0 Å². The van der Waals surface area contributed by atoms with Gasteiger partial charge in [0.15, 0.2) is 0 Å². The first-order valence-corrected chi connectivity index (χ1v) is 6.86. The number of esters is 1. The van der Waals surface area contributed by atoms with Gasteiger partial charge in [0.05, 0.1) is 26.0 Å². The number of hydrogen-bond donors (Lipinski definition) is 1. The quantitative estimate of drug-likeness (QED) is 0.642. The zero-order valence-electron chi connectivity index (χ0n) is 12.9. The number of benzene rings is 1. The lowest BCUT2D eigenvalue weighted by molar-refractivity contribution is -0.134. The van der Waals surface area contributed by atoms with Crippen molar-refractivity contribution in [2.24, 2.45) is 0 Å². The highest BCUT2D eigenvalue weighted by molar-refractivity contribution is 5.94. The van der Waals surface area contributed by atoms with Crippen LogP contribution in [0.15, 0.2) is 48.8 Å². The molecule has 1 amide bonds. The van der Waals surface area contributed by atoms with Gasteiger partial charge in [-0.3, -0.25) is 4.79 Å². The van der Waals surface area contributed by atoms with Crippen molar-refractivity contribution >= 4 is 11.9 Å². The van der Waals surface area contributed by atoms with Crippen molar-refractivity contribution in [3.63, 3.8) is 0 Å². The van der Waals surface area contributed by atoms with Gasteiger partial charge >= 0.3 is 5.97 Å². The van der Waals surface area contributed by atoms with Gasteiger partial charge in [0, 0.05) is 18.8 Å². The van der Waals surface area contributed by atoms with Gasteiger partial charge in [0.2, 0.25) is 0 Å². The average molecular weight is 315 g/mol. The Morgan fingerprint density at radius 2 is 2.09 bits per heavy atom. The van der Waals surface area contributed by atoms with Crippen LogP contribution in [0.1, 0.15) is 10.4 Å². The number of aromatic nitrogens is 2. The van der Waals surface area contributed by atoms with Crippen LogP contribution >= 0.6 is 0 Å². The van der Waals surface area contributed by atoms with E-state index in [9.17, 15) is 9.59 Å². The molecule has 1 N–H and O–H groups in total. The fourth-order valence-corrected chi connectivity index (χ4v) is 1.87. The Morgan fingerprint density at radius 1 is 1.30 bits per heavy atom. The molecule has 0 saturated heterocycles. The van der Waals surface area contributed by atoms with Crippen LogP contribution in [0.3, 0.4) is 0 Å². The number of nitrogens with one attached hydrogen (secondary N) is 1. The highest BCUT2D eigenvalue weighted by Crippen LogP contribution is 2.21. The number of carbonyl (C=O) groups excluding carboxylic acids is 2. The van der Waals surface area contributed by atoms with Crippen molar-refractivity contribution in [3.05, 3.63) is 54.4 Å². The molecule has 1 aromatic heterocycles. The summed E-state index contributed by atoms with van der Waals surface area (Å²) in [7, 11) is 2.86. The molecule has 2 aromatic rings. The number of nitrogens with zero attached hydrogens (tertiary/aromatic N) is 2. The number of methoxy groups -OCH3 is 2. The Bertz CT molecular complexity index is 722. The second kappa shape index (κ2) is 7.79. The van der Waals surface area contributed by atoms with E-state index in [4.69, 9.17) is 4.74 Å². The number of rotatable bonds is 6. The third-order valence-corrected chi connectivity index (χ3v) is 3.01. The summed E-state index contributed by atoms with van der Waals surface area (Å²) in [5.41, 5.74) is 1.14. The zero-order chi connectivity index (χ0) is 16.7. The first kappa shape index (κ1) is 16.3. The van der Waals surface area contributed by atoms with Crippen LogP contribution in [0.2, 0.25) is 0 Å². The van der Waals surface area contributed by atoms with E-state index in [-0.39, 0.29) is 12.5 Å². The van der Waals surface area contributed by atoms with Gasteiger partial charge in [0.1, 0.15) is 11.4 Å². The highest BCUT2D eigenvalue weighted by Gasteiger charge is 2.10. The monoisotopic (exact) mass is 315 g/mol. The van der Waals surface area contributed by atoms with Crippen molar-refractivity contribution in [2.75, 3.05) is 20.8 Å². The van der Waals surface area contributed by atoms with E-state index in [0.717, 1.165) is 5.69 Å². The normalized spacial score (nSPS) is 10.5. The molecule has 7 heteroatoms. The molecule has 2 rings (SSSR count). The molecule has 0 aliphatic rings. The van der Waals surface area contributed by atoms with Gasteiger partial charge in [-0.15, -0.1) is 0 Å². The minimum Gasteiger partial charge on any atom is -0.494 e. The van der Waals surface area contributed by atoms with Crippen molar-refractivity contribution < 1.29 is 19.1 Å². The number of para-hydroxylation sites is 2. The van der Waals surface area contributed by atoms with E-state index in [1.165, 1.54) is 25.5 Å². The predicted octanol–water partition coefficient (Wildman–Crippen LogP) is 1.34. The van der Waals surface area contributed by atoms with E-state index in [0.29, 0.717) is 11.3 Å². The molecule has 7 nitrogen and oxygen atoms in total. The third kappa shape index (κ3) is 4.19. The Labute approximate surface area is 133 Å². The predicted molar refractivity (Wildman–Crippen MR) is 83.6 cm³/mol. The molecular weight excluding hydrogens is 298 g/mol. The molecule has 0 bridgehead atoms. The molecule has 0 radical (unpaired) electrons. The maximum atomic E-state index is 12.0. The van der Waals surface area contributed by atoms with Gasteiger partial charge in [-0.1, -0.05) is 18.2 Å². The van der Waals surface area contributed by atoms with Crippen molar-refractivity contribution in [3.8, 4) is 11.4 Å². The first-order chi connectivity index (χ1) is 11.2. The number of hydrogen-bond acceptors (Lipinski definition) is 5. The first-order valence-electron chi connectivity index (χ1n) is 6.86. The number of carbonyl (C=O) groups is 2. The van der Waals surface area contributed by atoms with E-state index in [2.05, 4.69) is 15.2 Å². The zero-order valence-corrected chi connectivity index (χ0v) is 12.9. The fourth-order valence-electron chi connectivity index (χ4n) is 1.87. The van der Waals surface area contributed by atoms with Crippen LogP contribution < -0.4 is 10.1 Å². The van der Waals surface area contributed by atoms with Gasteiger partial charge in [-0.2, -0.15) is 5.10 Å². The smallest absolute Gasteiger partial charge is 0.330 e. The van der Waals surface area contributed by atoms with Crippen molar-refractivity contribution in [2.45, 2.75) is 0 Å². The molecule has 0 saturated carbocycles. The number of ether oxygens (including phenoxy) is 2. The fraction of sp³-hybridized carbons (Fsp3) is 0.188. The molecule has 0 unspecified atom stereocenters. The minimum absolute atomic E-state index is 0.216. The summed E-state index contributed by atoms with van der Waals surface area (Å²) >= 11 is 0. The van der Waals surface area contributed by atoms with Gasteiger partial charge < -0.3 is 14.8 Å². The maximum absolute atomic E-state index is 12.0. The SMILES string of the molecule is COC(=O)/C=C/CNC(=O)c1cnn(-c2ccccc2OC)c1. The Balaban J connectivity index is 2.03. The second-order valence-electron chi connectivity index (χ2n) is 4.48. The topological polar surface area (TPSA) is 82.5 Å².